The number of benzene rings is 1. The summed E-state index contributed by atoms with van der Waals surface area (Å²) >= 11 is 3.10. The lowest BCUT2D eigenvalue weighted by Crippen LogP contribution is -2.50. The summed E-state index contributed by atoms with van der Waals surface area (Å²) in [6.45, 7) is 1.63. The fourth-order valence-electron chi connectivity index (χ4n) is 2.55. The van der Waals surface area contributed by atoms with Gasteiger partial charge in [0.15, 0.2) is 0 Å². The van der Waals surface area contributed by atoms with Crippen molar-refractivity contribution in [3.8, 4) is 0 Å². The van der Waals surface area contributed by atoms with Gasteiger partial charge in [0.25, 0.3) is 0 Å². The van der Waals surface area contributed by atoms with Gasteiger partial charge in [-0.2, -0.15) is 0 Å². The Balaban J connectivity index is 2.31. The van der Waals surface area contributed by atoms with Gasteiger partial charge in [-0.15, -0.1) is 0 Å². The summed E-state index contributed by atoms with van der Waals surface area (Å²) in [4.78, 5) is 11.6. The van der Waals surface area contributed by atoms with Crippen molar-refractivity contribution in [1.29, 1.82) is 0 Å². The highest BCUT2D eigenvalue weighted by molar-refractivity contribution is 9.10. The monoisotopic (exact) mass is 329 g/mol. The van der Waals surface area contributed by atoms with Crippen LogP contribution in [-0.2, 0) is 10.3 Å². The molecular weight excluding hydrogens is 313 g/mol. The molecule has 2 rings (SSSR count). The first-order valence-corrected chi connectivity index (χ1v) is 7.19. The van der Waals surface area contributed by atoms with Gasteiger partial charge in [0.2, 0.25) is 0 Å². The van der Waals surface area contributed by atoms with E-state index in [4.69, 9.17) is 0 Å². The van der Waals surface area contributed by atoms with Crippen molar-refractivity contribution >= 4 is 21.9 Å². The molecule has 1 atom stereocenters. The lowest BCUT2D eigenvalue weighted by Gasteiger charge is -2.30. The fourth-order valence-corrected chi connectivity index (χ4v) is 2.93. The Hall–Kier alpha value is -0.940. The lowest BCUT2D eigenvalue weighted by molar-refractivity contribution is -0.145. The van der Waals surface area contributed by atoms with E-state index in [2.05, 4.69) is 21.2 Å². The molecule has 2 N–H and O–H groups in total. The van der Waals surface area contributed by atoms with E-state index in [1.807, 2.05) is 0 Å². The minimum Gasteiger partial charge on any atom is -0.480 e. The first-order chi connectivity index (χ1) is 8.93. The summed E-state index contributed by atoms with van der Waals surface area (Å²) in [7, 11) is 0. The van der Waals surface area contributed by atoms with Crippen molar-refractivity contribution in [1.82, 2.24) is 5.32 Å². The number of carboxylic acid groups (broad SMARTS) is 1. The molecule has 0 aliphatic heterocycles. The Morgan fingerprint density at radius 2 is 2.11 bits per heavy atom. The second-order valence-corrected chi connectivity index (χ2v) is 6.04. The molecular formula is C14H17BrFNO2. The molecule has 5 heteroatoms. The highest BCUT2D eigenvalue weighted by Gasteiger charge is 2.38. The predicted octanol–water partition coefficient (Wildman–Crippen LogP) is 3.42. The summed E-state index contributed by atoms with van der Waals surface area (Å²) < 4.78 is 13.6. The Kier molecular flexibility index (Phi) is 4.26. The Morgan fingerprint density at radius 1 is 1.47 bits per heavy atom. The van der Waals surface area contributed by atoms with Gasteiger partial charge in [0.05, 0.1) is 4.47 Å². The molecule has 1 aliphatic rings. The minimum absolute atomic E-state index is 0.213. The van der Waals surface area contributed by atoms with Crippen LogP contribution in [0.3, 0.4) is 0 Å². The second-order valence-electron chi connectivity index (χ2n) is 5.18. The van der Waals surface area contributed by atoms with Gasteiger partial charge in [0.1, 0.15) is 11.4 Å². The Bertz CT molecular complexity index is 488. The zero-order chi connectivity index (χ0) is 14.0. The maximum absolute atomic E-state index is 13.3. The average Bonchev–Trinajstić information content (AvgIpc) is 2.85. The molecule has 0 heterocycles. The average molecular weight is 330 g/mol. The molecule has 1 aromatic carbocycles. The number of carboxylic acids is 1. The van der Waals surface area contributed by atoms with Gasteiger partial charge in [-0.25, -0.2) is 9.18 Å². The minimum atomic E-state index is -1.19. The van der Waals surface area contributed by atoms with Crippen LogP contribution in [0.15, 0.2) is 22.7 Å². The van der Waals surface area contributed by atoms with Crippen LogP contribution in [0.5, 0.6) is 0 Å². The Labute approximate surface area is 120 Å². The topological polar surface area (TPSA) is 49.3 Å². The molecule has 0 amide bonds. The van der Waals surface area contributed by atoms with E-state index in [1.54, 1.807) is 6.92 Å². The van der Waals surface area contributed by atoms with Crippen molar-refractivity contribution in [2.45, 2.75) is 44.2 Å². The van der Waals surface area contributed by atoms with Crippen molar-refractivity contribution in [3.05, 3.63) is 34.1 Å². The molecule has 0 aromatic heterocycles. The maximum atomic E-state index is 13.3. The van der Waals surface area contributed by atoms with Gasteiger partial charge >= 0.3 is 5.97 Å². The van der Waals surface area contributed by atoms with Crippen molar-refractivity contribution in [2.75, 3.05) is 0 Å². The van der Waals surface area contributed by atoms with Crippen LogP contribution in [0.4, 0.5) is 4.39 Å². The molecule has 1 aliphatic carbocycles. The predicted molar refractivity (Wildman–Crippen MR) is 74.5 cm³/mol. The fraction of sp³-hybridized carbons (Fsp3) is 0.500. The number of nitrogens with one attached hydrogen (secondary N) is 1. The molecule has 3 nitrogen and oxygen atoms in total. The van der Waals surface area contributed by atoms with E-state index in [9.17, 15) is 14.3 Å². The first kappa shape index (κ1) is 14.5. The molecule has 19 heavy (non-hydrogen) atoms. The quantitative estimate of drug-likeness (QED) is 0.889. The zero-order valence-corrected chi connectivity index (χ0v) is 12.3. The SMILES string of the molecule is CC(NC1CCCC1)(C(=O)O)c1ccc(F)c(Br)c1. The van der Waals surface area contributed by atoms with E-state index < -0.39 is 17.3 Å². The summed E-state index contributed by atoms with van der Waals surface area (Å²) in [5.74, 6) is -1.34. The lowest BCUT2D eigenvalue weighted by atomic mass is 9.91. The van der Waals surface area contributed by atoms with Gasteiger partial charge < -0.3 is 5.11 Å². The van der Waals surface area contributed by atoms with E-state index in [1.165, 1.54) is 18.2 Å². The van der Waals surface area contributed by atoms with Crippen molar-refractivity contribution in [3.63, 3.8) is 0 Å². The summed E-state index contributed by atoms with van der Waals surface area (Å²) in [6, 6.07) is 4.56. The van der Waals surface area contributed by atoms with Gasteiger partial charge in [-0.05, 0) is 53.4 Å². The van der Waals surface area contributed by atoms with E-state index in [0.717, 1.165) is 25.7 Å². The number of aliphatic carboxylic acids is 1. The molecule has 104 valence electrons. The summed E-state index contributed by atoms with van der Waals surface area (Å²) in [6.07, 6.45) is 4.23. The molecule has 0 spiro atoms. The molecule has 0 radical (unpaired) electrons. The van der Waals surface area contributed by atoms with Crippen LogP contribution in [0.2, 0.25) is 0 Å². The molecule has 1 aromatic rings. The summed E-state index contributed by atoms with van der Waals surface area (Å²) in [5.41, 5.74) is -0.634. The molecule has 0 bridgehead atoms. The number of carbonyl (C=O) groups is 1. The van der Waals surface area contributed by atoms with Crippen LogP contribution < -0.4 is 5.32 Å². The van der Waals surface area contributed by atoms with E-state index in [-0.39, 0.29) is 10.5 Å². The number of halogens is 2. The third-order valence-corrected chi connectivity index (χ3v) is 4.38. The zero-order valence-electron chi connectivity index (χ0n) is 10.7. The third kappa shape index (κ3) is 2.98. The standard InChI is InChI=1S/C14H17BrFNO2/c1-14(13(18)19,17-10-4-2-3-5-10)9-6-7-12(16)11(15)8-9/h6-8,10,17H,2-5H2,1H3,(H,18,19). The third-order valence-electron chi connectivity index (χ3n) is 3.77. The number of rotatable bonds is 4. The maximum Gasteiger partial charge on any atom is 0.328 e. The molecule has 0 saturated heterocycles. The van der Waals surface area contributed by atoms with Gasteiger partial charge in [-0.1, -0.05) is 18.9 Å². The normalized spacial score (nSPS) is 19.3. The van der Waals surface area contributed by atoms with Crippen LogP contribution in [0, 0.1) is 5.82 Å². The van der Waals surface area contributed by atoms with E-state index in [0.29, 0.717) is 5.56 Å². The second kappa shape index (κ2) is 5.59. The van der Waals surface area contributed by atoms with Crippen LogP contribution in [0.25, 0.3) is 0 Å². The Morgan fingerprint density at radius 3 is 2.63 bits per heavy atom. The largest absolute Gasteiger partial charge is 0.480 e. The van der Waals surface area contributed by atoms with Crippen LogP contribution in [-0.4, -0.2) is 17.1 Å². The molecule has 1 saturated carbocycles. The molecule has 1 fully saturated rings. The van der Waals surface area contributed by atoms with Gasteiger partial charge in [0, 0.05) is 6.04 Å². The summed E-state index contributed by atoms with van der Waals surface area (Å²) in [5, 5.41) is 12.7. The van der Waals surface area contributed by atoms with Crippen molar-refractivity contribution < 1.29 is 14.3 Å². The highest BCUT2D eigenvalue weighted by Crippen LogP contribution is 2.29. The highest BCUT2D eigenvalue weighted by atomic mass is 79.9. The van der Waals surface area contributed by atoms with Crippen LogP contribution >= 0.6 is 15.9 Å². The van der Waals surface area contributed by atoms with E-state index >= 15 is 0 Å². The van der Waals surface area contributed by atoms with Gasteiger partial charge in [-0.3, -0.25) is 5.32 Å². The van der Waals surface area contributed by atoms with Crippen molar-refractivity contribution in [2.24, 2.45) is 0 Å². The number of hydrogen-bond acceptors (Lipinski definition) is 2. The number of hydrogen-bond donors (Lipinski definition) is 2. The van der Waals surface area contributed by atoms with Crippen LogP contribution in [0.1, 0.15) is 38.2 Å². The molecule has 1 unspecified atom stereocenters. The first-order valence-electron chi connectivity index (χ1n) is 6.40. The smallest absolute Gasteiger partial charge is 0.328 e.